The monoisotopic (exact) mass is 332 g/mol. The molecule has 0 aliphatic heterocycles. The van der Waals surface area contributed by atoms with Gasteiger partial charge in [-0.05, 0) is 44.8 Å². The van der Waals surface area contributed by atoms with E-state index in [9.17, 15) is 4.79 Å². The molecular formula is C15H25ClN2O2S. The minimum Gasteiger partial charge on any atom is -0.465 e. The molecule has 1 N–H and O–H groups in total. The highest BCUT2D eigenvalue weighted by molar-refractivity contribution is 7.71. The number of alkyl halides is 1. The molecule has 0 aromatic carbocycles. The second-order valence-corrected chi connectivity index (χ2v) is 5.45. The average Bonchev–Trinajstić information content (AvgIpc) is 2.82. The Labute approximate surface area is 136 Å². The quantitative estimate of drug-likeness (QED) is 0.500. The normalized spacial score (nSPS) is 16.7. The maximum atomic E-state index is 12.0. The molecule has 0 bridgehead atoms. The van der Waals surface area contributed by atoms with Crippen molar-refractivity contribution in [2.24, 2.45) is 0 Å². The van der Waals surface area contributed by atoms with Gasteiger partial charge in [-0.1, -0.05) is 13.8 Å². The zero-order chi connectivity index (χ0) is 15.8. The number of nitrogens with one attached hydrogen (secondary N) is 1. The van der Waals surface area contributed by atoms with Gasteiger partial charge in [0.05, 0.1) is 18.2 Å². The van der Waals surface area contributed by atoms with Crippen LogP contribution < -0.4 is 0 Å². The highest BCUT2D eigenvalue weighted by Gasteiger charge is 2.31. The Bertz CT molecular complexity index is 510. The lowest BCUT2D eigenvalue weighted by molar-refractivity contribution is -0.145. The van der Waals surface area contributed by atoms with E-state index in [1.807, 2.05) is 20.8 Å². The number of nitrogens with zero attached hydrogens (tertiary/aromatic N) is 1. The zero-order valence-corrected chi connectivity index (χ0v) is 14.6. The molecule has 1 atom stereocenters. The van der Waals surface area contributed by atoms with Gasteiger partial charge in [-0.25, -0.2) is 0 Å². The van der Waals surface area contributed by atoms with Crippen LogP contribution in [0.3, 0.4) is 0 Å². The third kappa shape index (κ3) is 4.33. The van der Waals surface area contributed by atoms with Crippen molar-refractivity contribution in [3.05, 3.63) is 16.2 Å². The van der Waals surface area contributed by atoms with Crippen molar-refractivity contribution in [1.29, 1.82) is 0 Å². The van der Waals surface area contributed by atoms with Crippen LogP contribution in [0, 0.1) is 4.77 Å². The van der Waals surface area contributed by atoms with Crippen molar-refractivity contribution in [3.8, 4) is 0 Å². The van der Waals surface area contributed by atoms with Crippen LogP contribution in [0.5, 0.6) is 0 Å². The number of H-pyrrole nitrogens is 1. The SMILES string of the molecule is CC.CCOC(=O)C1CCCc2c1[nH]c(=S)n2CCCCl. The largest absolute Gasteiger partial charge is 0.465 e. The number of aromatic nitrogens is 2. The van der Waals surface area contributed by atoms with Gasteiger partial charge in [0, 0.05) is 18.1 Å². The summed E-state index contributed by atoms with van der Waals surface area (Å²) in [6, 6.07) is 0. The average molecular weight is 333 g/mol. The highest BCUT2D eigenvalue weighted by atomic mass is 35.5. The van der Waals surface area contributed by atoms with Gasteiger partial charge in [-0.15, -0.1) is 11.6 Å². The Kier molecular flexibility index (Phi) is 8.04. The number of hydrogen-bond acceptors (Lipinski definition) is 3. The number of rotatable bonds is 5. The van der Waals surface area contributed by atoms with Gasteiger partial charge in [0.2, 0.25) is 0 Å². The van der Waals surface area contributed by atoms with E-state index in [0.717, 1.165) is 43.6 Å². The van der Waals surface area contributed by atoms with Gasteiger partial charge in [0.15, 0.2) is 4.77 Å². The third-order valence-corrected chi connectivity index (χ3v) is 4.05. The van der Waals surface area contributed by atoms with Crippen molar-refractivity contribution in [1.82, 2.24) is 9.55 Å². The molecule has 1 aromatic heterocycles. The summed E-state index contributed by atoms with van der Waals surface area (Å²) in [5.41, 5.74) is 2.10. The summed E-state index contributed by atoms with van der Waals surface area (Å²) in [7, 11) is 0. The summed E-state index contributed by atoms with van der Waals surface area (Å²) >= 11 is 11.1. The van der Waals surface area contributed by atoms with Gasteiger partial charge in [-0.3, -0.25) is 4.79 Å². The summed E-state index contributed by atoms with van der Waals surface area (Å²) in [5, 5.41) is 0. The lowest BCUT2D eigenvalue weighted by Gasteiger charge is -2.21. The van der Waals surface area contributed by atoms with E-state index < -0.39 is 0 Å². The minimum absolute atomic E-state index is 0.149. The van der Waals surface area contributed by atoms with Gasteiger partial charge in [-0.2, -0.15) is 0 Å². The fourth-order valence-electron chi connectivity index (χ4n) is 2.63. The zero-order valence-electron chi connectivity index (χ0n) is 13.1. The number of fused-ring (bicyclic) bond motifs is 1. The molecule has 0 fully saturated rings. The van der Waals surface area contributed by atoms with Crippen molar-refractivity contribution in [2.45, 2.75) is 58.9 Å². The second kappa shape index (κ2) is 9.26. The molecule has 1 aliphatic carbocycles. The number of carbonyl (C=O) groups is 1. The van der Waals surface area contributed by atoms with E-state index >= 15 is 0 Å². The Hall–Kier alpha value is -0.810. The molecule has 120 valence electrons. The van der Waals surface area contributed by atoms with Crippen LogP contribution in [0.15, 0.2) is 0 Å². The van der Waals surface area contributed by atoms with Crippen LogP contribution >= 0.6 is 23.8 Å². The fourth-order valence-corrected chi connectivity index (χ4v) is 3.06. The van der Waals surface area contributed by atoms with E-state index in [0.29, 0.717) is 17.3 Å². The summed E-state index contributed by atoms with van der Waals surface area (Å²) in [4.78, 5) is 15.2. The number of hydrogen-bond donors (Lipinski definition) is 1. The molecule has 2 rings (SSSR count). The number of imidazole rings is 1. The molecule has 1 aliphatic rings. The van der Waals surface area contributed by atoms with Crippen LogP contribution in [0.4, 0.5) is 0 Å². The number of ether oxygens (including phenoxy) is 1. The molecule has 0 radical (unpaired) electrons. The molecule has 21 heavy (non-hydrogen) atoms. The number of esters is 1. The van der Waals surface area contributed by atoms with Crippen LogP contribution in [-0.2, 0) is 22.5 Å². The molecule has 1 heterocycles. The van der Waals surface area contributed by atoms with Crippen molar-refractivity contribution in [2.75, 3.05) is 12.5 Å². The minimum atomic E-state index is -0.192. The molecule has 1 unspecified atom stereocenters. The van der Waals surface area contributed by atoms with Crippen molar-refractivity contribution >= 4 is 29.8 Å². The van der Waals surface area contributed by atoms with E-state index in [4.69, 9.17) is 28.6 Å². The molecule has 0 saturated heterocycles. The molecule has 1 aromatic rings. The van der Waals surface area contributed by atoms with Crippen LogP contribution in [0.25, 0.3) is 0 Å². The number of carbonyl (C=O) groups excluding carboxylic acids is 1. The standard InChI is InChI=1S/C13H19ClN2O2S.C2H6/c1-2-18-12(17)9-5-3-6-10-11(9)15-13(19)16(10)8-4-7-14;1-2/h9H,2-8H2,1H3,(H,15,19);1-2H3. The fraction of sp³-hybridized carbons (Fsp3) is 0.733. The van der Waals surface area contributed by atoms with E-state index in [1.54, 1.807) is 0 Å². The van der Waals surface area contributed by atoms with E-state index in [2.05, 4.69) is 9.55 Å². The molecule has 0 amide bonds. The van der Waals surface area contributed by atoms with Crippen molar-refractivity contribution < 1.29 is 9.53 Å². The van der Waals surface area contributed by atoms with Gasteiger partial charge < -0.3 is 14.3 Å². The number of halogens is 1. The third-order valence-electron chi connectivity index (χ3n) is 3.46. The Morgan fingerprint density at radius 1 is 1.52 bits per heavy atom. The highest BCUT2D eigenvalue weighted by Crippen LogP contribution is 2.32. The van der Waals surface area contributed by atoms with Crippen LogP contribution in [0.1, 0.15) is 57.3 Å². The lowest BCUT2D eigenvalue weighted by atomic mass is 9.90. The first kappa shape index (κ1) is 18.2. The smallest absolute Gasteiger partial charge is 0.314 e. The molecule has 0 saturated carbocycles. The van der Waals surface area contributed by atoms with Crippen molar-refractivity contribution in [3.63, 3.8) is 0 Å². The summed E-state index contributed by atoms with van der Waals surface area (Å²) < 4.78 is 7.91. The van der Waals surface area contributed by atoms with E-state index in [1.165, 1.54) is 0 Å². The Morgan fingerprint density at radius 2 is 2.24 bits per heavy atom. The first-order valence-electron chi connectivity index (χ1n) is 7.73. The molecule has 0 spiro atoms. The van der Waals surface area contributed by atoms with Crippen LogP contribution in [-0.4, -0.2) is 28.0 Å². The molecular weight excluding hydrogens is 308 g/mol. The predicted octanol–water partition coefficient (Wildman–Crippen LogP) is 4.18. The molecule has 4 nitrogen and oxygen atoms in total. The second-order valence-electron chi connectivity index (χ2n) is 4.68. The summed E-state index contributed by atoms with van der Waals surface area (Å²) in [6.07, 6.45) is 3.66. The first-order valence-corrected chi connectivity index (χ1v) is 8.67. The Balaban J connectivity index is 0.00000106. The van der Waals surface area contributed by atoms with Gasteiger partial charge in [0.1, 0.15) is 0 Å². The summed E-state index contributed by atoms with van der Waals surface area (Å²) in [6.45, 7) is 7.05. The molecule has 6 heteroatoms. The lowest BCUT2D eigenvalue weighted by Crippen LogP contribution is -2.22. The maximum Gasteiger partial charge on any atom is 0.314 e. The topological polar surface area (TPSA) is 47.0 Å². The van der Waals surface area contributed by atoms with E-state index in [-0.39, 0.29) is 11.9 Å². The Morgan fingerprint density at radius 3 is 2.86 bits per heavy atom. The predicted molar refractivity (Wildman–Crippen MR) is 88.6 cm³/mol. The van der Waals surface area contributed by atoms with Gasteiger partial charge in [0.25, 0.3) is 0 Å². The number of aromatic amines is 1. The van der Waals surface area contributed by atoms with Gasteiger partial charge >= 0.3 is 5.97 Å². The van der Waals surface area contributed by atoms with Crippen LogP contribution in [0.2, 0.25) is 0 Å². The first-order chi connectivity index (χ1) is 10.2. The summed E-state index contributed by atoms with van der Waals surface area (Å²) in [5.74, 6) is 0.273. The maximum absolute atomic E-state index is 12.0.